The summed E-state index contributed by atoms with van der Waals surface area (Å²) in [4.78, 5) is 14.3. The first kappa shape index (κ1) is 15.5. The minimum absolute atomic E-state index is 0.0348. The van der Waals surface area contributed by atoms with Crippen LogP contribution in [0.4, 0.5) is 0 Å². The molecule has 20 heavy (non-hydrogen) atoms. The van der Waals surface area contributed by atoms with Crippen molar-refractivity contribution in [3.8, 4) is 0 Å². The van der Waals surface area contributed by atoms with E-state index in [1.54, 1.807) is 11.3 Å². The molecule has 0 atom stereocenters. The SMILES string of the molecule is CCCc1sc(C(=O)NCC2(O)CCCC2)cc1CC. The molecule has 1 fully saturated rings. The van der Waals surface area contributed by atoms with Gasteiger partial charge in [-0.1, -0.05) is 33.1 Å². The lowest BCUT2D eigenvalue weighted by molar-refractivity contribution is 0.0450. The van der Waals surface area contributed by atoms with Crippen molar-refractivity contribution in [1.29, 1.82) is 0 Å². The number of amides is 1. The van der Waals surface area contributed by atoms with Gasteiger partial charge in [0.1, 0.15) is 0 Å². The van der Waals surface area contributed by atoms with E-state index in [0.717, 1.165) is 49.8 Å². The van der Waals surface area contributed by atoms with Crippen LogP contribution in [-0.4, -0.2) is 23.2 Å². The number of aryl methyl sites for hydroxylation is 2. The number of aliphatic hydroxyl groups is 1. The van der Waals surface area contributed by atoms with Gasteiger partial charge in [0.2, 0.25) is 0 Å². The molecule has 0 spiro atoms. The quantitative estimate of drug-likeness (QED) is 0.846. The van der Waals surface area contributed by atoms with Gasteiger partial charge in [0.25, 0.3) is 5.91 Å². The van der Waals surface area contributed by atoms with Crippen molar-refractivity contribution >= 4 is 17.2 Å². The molecule has 1 aliphatic rings. The average molecular weight is 295 g/mol. The standard InChI is InChI=1S/C16H25NO2S/c1-3-7-13-12(4-2)10-14(20-13)15(18)17-11-16(19)8-5-6-9-16/h10,19H,3-9,11H2,1-2H3,(H,17,18). The number of carbonyl (C=O) groups is 1. The summed E-state index contributed by atoms with van der Waals surface area (Å²) < 4.78 is 0. The largest absolute Gasteiger partial charge is 0.388 e. The van der Waals surface area contributed by atoms with Gasteiger partial charge in [0.15, 0.2) is 0 Å². The molecule has 1 amide bonds. The third kappa shape index (κ3) is 3.61. The van der Waals surface area contributed by atoms with Crippen LogP contribution in [0.1, 0.15) is 66.1 Å². The molecule has 2 rings (SSSR count). The maximum absolute atomic E-state index is 12.2. The summed E-state index contributed by atoms with van der Waals surface area (Å²) in [5.41, 5.74) is 0.619. The van der Waals surface area contributed by atoms with Crippen LogP contribution in [0.5, 0.6) is 0 Å². The van der Waals surface area contributed by atoms with Gasteiger partial charge in [-0.2, -0.15) is 0 Å². The van der Waals surface area contributed by atoms with Crippen molar-refractivity contribution in [2.24, 2.45) is 0 Å². The van der Waals surface area contributed by atoms with Gasteiger partial charge < -0.3 is 10.4 Å². The molecule has 1 saturated carbocycles. The van der Waals surface area contributed by atoms with E-state index in [9.17, 15) is 9.90 Å². The summed E-state index contributed by atoms with van der Waals surface area (Å²) in [6.45, 7) is 4.67. The van der Waals surface area contributed by atoms with E-state index < -0.39 is 5.60 Å². The number of rotatable bonds is 6. The molecule has 1 aromatic heterocycles. The first-order valence-electron chi connectivity index (χ1n) is 7.70. The fourth-order valence-electron chi connectivity index (χ4n) is 2.86. The summed E-state index contributed by atoms with van der Waals surface area (Å²) >= 11 is 1.60. The predicted octanol–water partition coefficient (Wildman–Crippen LogP) is 3.30. The lowest BCUT2D eigenvalue weighted by Crippen LogP contribution is -2.40. The van der Waals surface area contributed by atoms with Gasteiger partial charge >= 0.3 is 0 Å². The highest BCUT2D eigenvalue weighted by atomic mass is 32.1. The van der Waals surface area contributed by atoms with E-state index in [2.05, 4.69) is 19.2 Å². The van der Waals surface area contributed by atoms with Crippen LogP contribution in [0.25, 0.3) is 0 Å². The normalized spacial score (nSPS) is 17.4. The molecule has 1 aromatic rings. The Balaban J connectivity index is 1.98. The fourth-order valence-corrected chi connectivity index (χ4v) is 4.13. The molecule has 0 bridgehead atoms. The summed E-state index contributed by atoms with van der Waals surface area (Å²) in [6.07, 6.45) is 6.86. The first-order valence-corrected chi connectivity index (χ1v) is 8.52. The van der Waals surface area contributed by atoms with Gasteiger partial charge in [-0.25, -0.2) is 0 Å². The second-order valence-corrected chi connectivity index (χ2v) is 6.91. The summed E-state index contributed by atoms with van der Waals surface area (Å²) in [7, 11) is 0. The highest BCUT2D eigenvalue weighted by molar-refractivity contribution is 7.14. The van der Waals surface area contributed by atoms with Crippen molar-refractivity contribution in [2.75, 3.05) is 6.54 Å². The zero-order valence-corrected chi connectivity index (χ0v) is 13.3. The Morgan fingerprint density at radius 1 is 1.40 bits per heavy atom. The van der Waals surface area contributed by atoms with E-state index in [1.165, 1.54) is 10.4 Å². The van der Waals surface area contributed by atoms with Crippen LogP contribution in [0.3, 0.4) is 0 Å². The summed E-state index contributed by atoms with van der Waals surface area (Å²) in [5, 5.41) is 13.2. The van der Waals surface area contributed by atoms with Gasteiger partial charge in [0, 0.05) is 11.4 Å². The third-order valence-electron chi connectivity index (χ3n) is 4.09. The monoisotopic (exact) mass is 295 g/mol. The highest BCUT2D eigenvalue weighted by Crippen LogP contribution is 2.29. The third-order valence-corrected chi connectivity index (χ3v) is 5.33. The lowest BCUT2D eigenvalue weighted by Gasteiger charge is -2.22. The molecule has 1 heterocycles. The van der Waals surface area contributed by atoms with Gasteiger partial charge in [-0.05, 0) is 37.3 Å². The van der Waals surface area contributed by atoms with Crippen LogP contribution >= 0.6 is 11.3 Å². The smallest absolute Gasteiger partial charge is 0.261 e. The minimum atomic E-state index is -0.674. The van der Waals surface area contributed by atoms with Gasteiger partial charge in [0.05, 0.1) is 10.5 Å². The Morgan fingerprint density at radius 2 is 2.10 bits per heavy atom. The van der Waals surface area contributed by atoms with Crippen molar-refractivity contribution in [3.05, 3.63) is 21.4 Å². The Kier molecular flexibility index (Phi) is 5.22. The zero-order chi connectivity index (χ0) is 14.6. The van der Waals surface area contributed by atoms with Crippen LogP contribution in [0, 0.1) is 0 Å². The van der Waals surface area contributed by atoms with Gasteiger partial charge in [-0.3, -0.25) is 4.79 Å². The van der Waals surface area contributed by atoms with Crippen molar-refractivity contribution in [3.63, 3.8) is 0 Å². The topological polar surface area (TPSA) is 49.3 Å². The second-order valence-electron chi connectivity index (χ2n) is 5.78. The summed E-state index contributed by atoms with van der Waals surface area (Å²) in [6, 6.07) is 2.02. The maximum Gasteiger partial charge on any atom is 0.261 e. The molecule has 0 radical (unpaired) electrons. The molecule has 4 heteroatoms. The molecule has 0 aliphatic heterocycles. The van der Waals surface area contributed by atoms with Gasteiger partial charge in [-0.15, -0.1) is 11.3 Å². The molecule has 0 aromatic carbocycles. The molecule has 0 unspecified atom stereocenters. The Hall–Kier alpha value is -0.870. The van der Waals surface area contributed by atoms with E-state index >= 15 is 0 Å². The number of hydrogen-bond acceptors (Lipinski definition) is 3. The predicted molar refractivity (Wildman–Crippen MR) is 83.4 cm³/mol. The Labute approximate surface area is 125 Å². The minimum Gasteiger partial charge on any atom is -0.388 e. The van der Waals surface area contributed by atoms with Crippen molar-refractivity contribution in [1.82, 2.24) is 5.32 Å². The van der Waals surface area contributed by atoms with E-state index in [4.69, 9.17) is 0 Å². The molecule has 0 saturated heterocycles. The molecular weight excluding hydrogens is 270 g/mol. The van der Waals surface area contributed by atoms with Crippen LogP contribution in [0.2, 0.25) is 0 Å². The Morgan fingerprint density at radius 3 is 2.70 bits per heavy atom. The molecule has 112 valence electrons. The molecular formula is C16H25NO2S. The summed E-state index contributed by atoms with van der Waals surface area (Å²) in [5.74, 6) is -0.0348. The zero-order valence-electron chi connectivity index (χ0n) is 12.5. The first-order chi connectivity index (χ1) is 9.58. The molecule has 1 aliphatic carbocycles. The number of carbonyl (C=O) groups excluding carboxylic acids is 1. The van der Waals surface area contributed by atoms with Crippen LogP contribution < -0.4 is 5.32 Å². The number of hydrogen-bond donors (Lipinski definition) is 2. The lowest BCUT2D eigenvalue weighted by atomic mass is 10.0. The fraction of sp³-hybridized carbons (Fsp3) is 0.688. The number of nitrogens with one attached hydrogen (secondary N) is 1. The van der Waals surface area contributed by atoms with E-state index in [0.29, 0.717) is 6.54 Å². The highest BCUT2D eigenvalue weighted by Gasteiger charge is 2.31. The van der Waals surface area contributed by atoms with Crippen molar-refractivity contribution < 1.29 is 9.90 Å². The van der Waals surface area contributed by atoms with Crippen molar-refractivity contribution in [2.45, 2.75) is 64.4 Å². The molecule has 3 nitrogen and oxygen atoms in total. The van der Waals surface area contributed by atoms with E-state index in [1.807, 2.05) is 6.07 Å². The average Bonchev–Trinajstić information content (AvgIpc) is 3.04. The second kappa shape index (κ2) is 6.72. The van der Waals surface area contributed by atoms with Crippen LogP contribution in [-0.2, 0) is 12.8 Å². The maximum atomic E-state index is 12.2. The van der Waals surface area contributed by atoms with Crippen LogP contribution in [0.15, 0.2) is 6.07 Å². The Bertz CT molecular complexity index is 461. The van der Waals surface area contributed by atoms with E-state index in [-0.39, 0.29) is 5.91 Å². The number of thiophene rings is 1. The molecule has 2 N–H and O–H groups in total.